The molecule has 4 aromatic rings. The number of aromatic nitrogens is 2. The molecule has 0 saturated carbocycles. The molecule has 11 heteroatoms. The minimum Gasteiger partial charge on any atom is -0.369 e. The lowest BCUT2D eigenvalue weighted by atomic mass is 9.83. The van der Waals surface area contributed by atoms with Crippen molar-refractivity contribution >= 4 is 33.4 Å². The summed E-state index contributed by atoms with van der Waals surface area (Å²) in [4.78, 5) is 22.2. The standard InChI is InChI=1S/C30H31FN6O3S/c1-30(2,22-6-3-7-23(31)16-22)28(38)33-18-20-10-12-21(13-11-20)26-19-34-29-36-24-8-4-9-25(17-24)41(39,40)35-15-5-14-32-27(26)37-29/h3-4,6-13,16-17,19,35H,5,14-15,18H2,1-2H3,(H,33,38)(H2,32,34,36,37). The van der Waals surface area contributed by atoms with Crippen LogP contribution >= 0.6 is 0 Å². The molecule has 0 radical (unpaired) electrons. The van der Waals surface area contributed by atoms with E-state index in [9.17, 15) is 17.6 Å². The first-order chi connectivity index (χ1) is 19.6. The van der Waals surface area contributed by atoms with Gasteiger partial charge in [0, 0.05) is 37.1 Å². The Hall–Kier alpha value is -4.35. The molecule has 4 bridgehead atoms. The summed E-state index contributed by atoms with van der Waals surface area (Å²) in [5, 5.41) is 9.35. The molecule has 0 saturated heterocycles. The normalized spacial score (nSPS) is 14.8. The largest absolute Gasteiger partial charge is 0.369 e. The van der Waals surface area contributed by atoms with Crippen molar-refractivity contribution in [1.29, 1.82) is 0 Å². The Kier molecular flexibility index (Phi) is 8.00. The molecule has 9 nitrogen and oxygen atoms in total. The second kappa shape index (κ2) is 11.6. The van der Waals surface area contributed by atoms with Crippen molar-refractivity contribution in [2.75, 3.05) is 23.7 Å². The Balaban J connectivity index is 1.32. The Morgan fingerprint density at radius 3 is 2.59 bits per heavy atom. The van der Waals surface area contributed by atoms with Crippen LogP contribution in [0.25, 0.3) is 11.1 Å². The number of amides is 1. The van der Waals surface area contributed by atoms with E-state index in [1.807, 2.05) is 24.3 Å². The number of hydrogen-bond acceptors (Lipinski definition) is 7. The van der Waals surface area contributed by atoms with Crippen LogP contribution < -0.4 is 20.7 Å². The van der Waals surface area contributed by atoms with Gasteiger partial charge < -0.3 is 16.0 Å². The van der Waals surface area contributed by atoms with Gasteiger partial charge in [-0.1, -0.05) is 42.5 Å². The highest BCUT2D eigenvalue weighted by molar-refractivity contribution is 7.89. The molecule has 1 aliphatic heterocycles. The molecule has 1 amide bonds. The number of sulfonamides is 1. The summed E-state index contributed by atoms with van der Waals surface area (Å²) in [5.41, 5.74) is 2.82. The number of carbonyl (C=O) groups is 1. The number of nitrogens with one attached hydrogen (secondary N) is 4. The van der Waals surface area contributed by atoms with Crippen molar-refractivity contribution in [3.8, 4) is 11.1 Å². The first-order valence-corrected chi connectivity index (χ1v) is 14.7. The van der Waals surface area contributed by atoms with Gasteiger partial charge in [0.15, 0.2) is 0 Å². The zero-order valence-corrected chi connectivity index (χ0v) is 23.6. The maximum atomic E-state index is 13.7. The smallest absolute Gasteiger partial charge is 0.240 e. The number of anilines is 3. The zero-order chi connectivity index (χ0) is 29.0. The maximum absolute atomic E-state index is 13.7. The molecular formula is C30H31FN6O3S. The fourth-order valence-electron chi connectivity index (χ4n) is 4.46. The van der Waals surface area contributed by atoms with E-state index in [1.54, 1.807) is 56.4 Å². The van der Waals surface area contributed by atoms with E-state index in [-0.39, 0.29) is 23.2 Å². The lowest BCUT2D eigenvalue weighted by Gasteiger charge is -2.24. The van der Waals surface area contributed by atoms with Gasteiger partial charge in [0.05, 0.1) is 10.3 Å². The van der Waals surface area contributed by atoms with Crippen LogP contribution in [0.2, 0.25) is 0 Å². The fraction of sp³-hybridized carbons (Fsp3) is 0.233. The quantitative estimate of drug-likeness (QED) is 0.272. The van der Waals surface area contributed by atoms with Crippen molar-refractivity contribution < 1.29 is 17.6 Å². The van der Waals surface area contributed by atoms with E-state index in [4.69, 9.17) is 0 Å². The Morgan fingerprint density at radius 1 is 1.02 bits per heavy atom. The van der Waals surface area contributed by atoms with E-state index in [0.717, 1.165) is 16.7 Å². The average molecular weight is 575 g/mol. The second-order valence-corrected chi connectivity index (χ2v) is 12.1. The zero-order valence-electron chi connectivity index (χ0n) is 22.7. The molecule has 1 aromatic heterocycles. The van der Waals surface area contributed by atoms with E-state index >= 15 is 0 Å². The Bertz CT molecular complexity index is 1680. The van der Waals surface area contributed by atoms with Crippen LogP contribution in [0.15, 0.2) is 83.9 Å². The average Bonchev–Trinajstić information content (AvgIpc) is 2.96. The first-order valence-electron chi connectivity index (χ1n) is 13.2. The van der Waals surface area contributed by atoms with E-state index < -0.39 is 15.4 Å². The molecule has 0 unspecified atom stereocenters. The Labute approximate surface area is 238 Å². The molecule has 3 aromatic carbocycles. The van der Waals surface area contributed by atoms with Crippen molar-refractivity contribution in [3.05, 3.63) is 95.9 Å². The minimum atomic E-state index is -3.62. The lowest BCUT2D eigenvalue weighted by Crippen LogP contribution is -2.39. The molecule has 0 fully saturated rings. The van der Waals surface area contributed by atoms with E-state index in [1.165, 1.54) is 12.1 Å². The molecule has 0 spiro atoms. The van der Waals surface area contributed by atoms with Gasteiger partial charge >= 0.3 is 0 Å². The van der Waals surface area contributed by atoms with Gasteiger partial charge in [-0.15, -0.1) is 0 Å². The first kappa shape index (κ1) is 28.2. The van der Waals surface area contributed by atoms with E-state index in [0.29, 0.717) is 42.5 Å². The van der Waals surface area contributed by atoms with Gasteiger partial charge in [-0.2, -0.15) is 4.98 Å². The molecule has 4 N–H and O–H groups in total. The molecule has 0 aliphatic carbocycles. The number of carbonyl (C=O) groups excluding carboxylic acids is 1. The van der Waals surface area contributed by atoms with Gasteiger partial charge in [0.2, 0.25) is 21.9 Å². The summed E-state index contributed by atoms with van der Waals surface area (Å²) in [6, 6.07) is 20.3. The van der Waals surface area contributed by atoms with Gasteiger partial charge in [0.1, 0.15) is 11.6 Å². The summed E-state index contributed by atoms with van der Waals surface area (Å²) in [6.07, 6.45) is 2.27. The number of nitrogens with zero attached hydrogens (tertiary/aromatic N) is 2. The van der Waals surface area contributed by atoms with Crippen LogP contribution in [0.3, 0.4) is 0 Å². The van der Waals surface area contributed by atoms with E-state index in [2.05, 4.69) is 30.6 Å². The monoisotopic (exact) mass is 574 g/mol. The molecule has 212 valence electrons. The Morgan fingerprint density at radius 2 is 1.80 bits per heavy atom. The number of benzene rings is 3. The number of hydrogen-bond donors (Lipinski definition) is 4. The van der Waals surface area contributed by atoms with Gasteiger partial charge in [-0.3, -0.25) is 4.79 Å². The third kappa shape index (κ3) is 6.53. The van der Waals surface area contributed by atoms with Crippen molar-refractivity contribution in [3.63, 3.8) is 0 Å². The summed E-state index contributed by atoms with van der Waals surface area (Å²) in [7, 11) is -3.62. The molecular weight excluding hydrogens is 543 g/mol. The third-order valence-electron chi connectivity index (χ3n) is 6.96. The number of halogens is 1. The van der Waals surface area contributed by atoms with Crippen molar-refractivity contribution in [1.82, 2.24) is 20.0 Å². The highest BCUT2D eigenvalue weighted by Gasteiger charge is 2.29. The van der Waals surface area contributed by atoms with Crippen LogP contribution in [0.5, 0.6) is 0 Å². The topological polar surface area (TPSA) is 125 Å². The summed E-state index contributed by atoms with van der Waals surface area (Å²) >= 11 is 0. The highest BCUT2D eigenvalue weighted by Crippen LogP contribution is 2.29. The summed E-state index contributed by atoms with van der Waals surface area (Å²) < 4.78 is 41.5. The van der Waals surface area contributed by atoms with Crippen molar-refractivity contribution in [2.24, 2.45) is 0 Å². The summed E-state index contributed by atoms with van der Waals surface area (Å²) in [5.74, 6) is 0.363. The highest BCUT2D eigenvalue weighted by atomic mass is 32.2. The van der Waals surface area contributed by atoms with Gasteiger partial charge in [-0.25, -0.2) is 22.5 Å². The third-order valence-corrected chi connectivity index (χ3v) is 8.42. The number of rotatable bonds is 5. The fourth-order valence-corrected chi connectivity index (χ4v) is 5.58. The summed E-state index contributed by atoms with van der Waals surface area (Å²) in [6.45, 7) is 4.62. The predicted octanol–water partition coefficient (Wildman–Crippen LogP) is 4.71. The van der Waals surface area contributed by atoms with Crippen LogP contribution in [0.4, 0.5) is 21.8 Å². The molecule has 41 heavy (non-hydrogen) atoms. The molecule has 0 atom stereocenters. The molecule has 1 aliphatic rings. The SMILES string of the molecule is CC(C)(C(=O)NCc1ccc(-c2cnc3nc2NCCCNS(=O)(=O)c2cccc(c2)N3)cc1)c1cccc(F)c1. The van der Waals surface area contributed by atoms with Crippen LogP contribution in [0, 0.1) is 5.82 Å². The number of fused-ring (bicyclic) bond motifs is 4. The van der Waals surface area contributed by atoms with Crippen LogP contribution in [-0.2, 0) is 26.8 Å². The molecule has 5 rings (SSSR count). The second-order valence-electron chi connectivity index (χ2n) is 10.3. The van der Waals surface area contributed by atoms with Gasteiger partial charge in [0.25, 0.3) is 0 Å². The predicted molar refractivity (Wildman–Crippen MR) is 157 cm³/mol. The van der Waals surface area contributed by atoms with Crippen molar-refractivity contribution in [2.45, 2.75) is 37.1 Å². The minimum absolute atomic E-state index is 0.167. The lowest BCUT2D eigenvalue weighted by molar-refractivity contribution is -0.125. The molecule has 2 heterocycles. The van der Waals surface area contributed by atoms with Crippen LogP contribution in [0.1, 0.15) is 31.4 Å². The van der Waals surface area contributed by atoms with Crippen LogP contribution in [-0.4, -0.2) is 37.4 Å². The maximum Gasteiger partial charge on any atom is 0.240 e. The van der Waals surface area contributed by atoms with Gasteiger partial charge in [-0.05, 0) is 67.3 Å².